The molecule has 9 nitrogen and oxygen atoms in total. The highest BCUT2D eigenvalue weighted by Crippen LogP contribution is 2.71. The van der Waals surface area contributed by atoms with Gasteiger partial charge in [0.05, 0.1) is 6.10 Å². The molecule has 0 saturated heterocycles. The van der Waals surface area contributed by atoms with Gasteiger partial charge in [-0.25, -0.2) is 4.39 Å². The van der Waals surface area contributed by atoms with Gasteiger partial charge < -0.3 is 24.5 Å². The van der Waals surface area contributed by atoms with Crippen LogP contribution in [0.2, 0.25) is 0 Å². The highest BCUT2D eigenvalue weighted by Gasteiger charge is 2.75. The van der Waals surface area contributed by atoms with Crippen LogP contribution in [0.3, 0.4) is 0 Å². The zero-order chi connectivity index (χ0) is 41.1. The molecule has 0 aromatic carbocycles. The smallest absolute Gasteiger partial charge is 0.306 e. The van der Waals surface area contributed by atoms with Crippen molar-refractivity contribution in [2.75, 3.05) is 6.61 Å². The molecule has 312 valence electrons. The maximum atomic E-state index is 17.6. The summed E-state index contributed by atoms with van der Waals surface area (Å²) in [5.41, 5.74) is -4.44. The normalized spacial score (nSPS) is 48.9. The van der Waals surface area contributed by atoms with Crippen molar-refractivity contribution in [2.45, 2.75) is 155 Å². The van der Waals surface area contributed by atoms with Gasteiger partial charge in [-0.3, -0.25) is 19.2 Å². The Kier molecular flexibility index (Phi) is 9.96. The largest absolute Gasteiger partial charge is 0.462 e. The Morgan fingerprint density at radius 1 is 0.965 bits per heavy atom. The lowest BCUT2D eigenvalue weighted by Gasteiger charge is -2.62. The van der Waals surface area contributed by atoms with Crippen LogP contribution in [0.25, 0.3) is 0 Å². The maximum absolute atomic E-state index is 17.6. The number of halogens is 1. The number of esters is 1. The molecule has 0 spiro atoms. The van der Waals surface area contributed by atoms with Gasteiger partial charge in [-0.05, 0) is 137 Å². The average Bonchev–Trinajstić information content (AvgIpc) is 3.59. The average molecular weight is 791 g/mol. The summed E-state index contributed by atoms with van der Waals surface area (Å²) in [4.78, 5) is 64.2. The predicted octanol–water partition coefficient (Wildman–Crippen LogP) is 6.96. The Morgan fingerprint density at radius 2 is 1.72 bits per heavy atom. The van der Waals surface area contributed by atoms with Gasteiger partial charge in [0, 0.05) is 35.0 Å². The standard InChI is InChI=1S/C47H63FO9/c1-26-19-29-22-30(50)13-16-42(29,3)35-15-17-43(4)34(41(26)35)10-11-39(43)57-40(54)12-8-32(24-49)56-25-38(53)47(55)27(2)20-36-33-9-7-28-21-31(51)14-18-44(28,5)46(33,48)37(52)23-45(36,47)6/h14,18,21-22,24,26-27,32-37,39,41,52,55H,7-13,15-17,19-20,23,25H2,1-6H3. The van der Waals surface area contributed by atoms with Crippen LogP contribution in [0.1, 0.15) is 125 Å². The second-order valence-electron chi connectivity index (χ2n) is 20.7. The van der Waals surface area contributed by atoms with Crippen molar-refractivity contribution in [1.82, 2.24) is 0 Å². The number of rotatable bonds is 9. The van der Waals surface area contributed by atoms with E-state index in [-0.39, 0.29) is 47.8 Å². The highest BCUT2D eigenvalue weighted by atomic mass is 19.1. The lowest BCUT2D eigenvalue weighted by molar-refractivity contribution is -0.220. The third kappa shape index (κ3) is 5.71. The van der Waals surface area contributed by atoms with Crippen molar-refractivity contribution in [2.24, 2.45) is 63.1 Å². The number of aldehydes is 1. The monoisotopic (exact) mass is 790 g/mol. The van der Waals surface area contributed by atoms with Crippen molar-refractivity contribution in [3.05, 3.63) is 35.5 Å². The van der Waals surface area contributed by atoms with Crippen LogP contribution in [-0.4, -0.2) is 76.0 Å². The number of Topliss-reactive ketones (excluding diaryl/α,β-unsaturated/α-hetero) is 1. The fourth-order valence-corrected chi connectivity index (χ4v) is 15.2. The Hall–Kier alpha value is -2.82. The Morgan fingerprint density at radius 3 is 2.46 bits per heavy atom. The van der Waals surface area contributed by atoms with Crippen LogP contribution in [0.4, 0.5) is 4.39 Å². The SMILES string of the molecule is CC1CC2=CC(=O)CCC2(C)C2CCC3(C)C(OC(=O)CCC(C=O)OCC(=O)C4(O)C(C)CC5C6CCC7=CC(=O)C=CC7(C)C6(F)C(O)CC54C)CCC3C12. The molecule has 0 amide bonds. The summed E-state index contributed by atoms with van der Waals surface area (Å²) in [5, 5.41) is 24.0. The summed E-state index contributed by atoms with van der Waals surface area (Å²) in [6.07, 6.45) is 11.5. The molecule has 2 N–H and O–H groups in total. The van der Waals surface area contributed by atoms with Gasteiger partial charge >= 0.3 is 5.97 Å². The Bertz CT molecular complexity index is 1830. The number of ether oxygens (including phenoxy) is 2. The molecule has 16 atom stereocenters. The first-order chi connectivity index (χ1) is 26.8. The number of aliphatic hydroxyl groups excluding tert-OH is 1. The van der Waals surface area contributed by atoms with Crippen LogP contribution >= 0.6 is 0 Å². The third-order valence-corrected chi connectivity index (χ3v) is 18.4. The minimum absolute atomic E-state index is 0.0277. The van der Waals surface area contributed by atoms with Crippen molar-refractivity contribution < 1.29 is 48.0 Å². The fourth-order valence-electron chi connectivity index (χ4n) is 15.2. The van der Waals surface area contributed by atoms with E-state index in [1.165, 1.54) is 17.7 Å². The van der Waals surface area contributed by atoms with Gasteiger partial charge in [-0.2, -0.15) is 0 Å². The maximum Gasteiger partial charge on any atom is 0.306 e. The first kappa shape index (κ1) is 40.9. The van der Waals surface area contributed by atoms with E-state index in [0.717, 1.165) is 38.5 Å². The molecular weight excluding hydrogens is 728 g/mol. The Balaban J connectivity index is 0.884. The van der Waals surface area contributed by atoms with Crippen LogP contribution in [0.15, 0.2) is 35.5 Å². The number of carbonyl (C=O) groups is 5. The van der Waals surface area contributed by atoms with E-state index in [1.54, 1.807) is 26.8 Å². The van der Waals surface area contributed by atoms with Gasteiger partial charge in [0.2, 0.25) is 0 Å². The number of hydrogen-bond acceptors (Lipinski definition) is 9. The van der Waals surface area contributed by atoms with E-state index in [2.05, 4.69) is 20.8 Å². The number of allylic oxidation sites excluding steroid dienone is 5. The fraction of sp³-hybridized carbons (Fsp3) is 0.766. The summed E-state index contributed by atoms with van der Waals surface area (Å²) in [5.74, 6) is -0.677. The molecule has 57 heavy (non-hydrogen) atoms. The summed E-state index contributed by atoms with van der Waals surface area (Å²) in [6, 6.07) is 0. The van der Waals surface area contributed by atoms with Crippen LogP contribution in [0.5, 0.6) is 0 Å². The second-order valence-corrected chi connectivity index (χ2v) is 20.7. The number of carbonyl (C=O) groups excluding carboxylic acids is 5. The van der Waals surface area contributed by atoms with Gasteiger partial charge in [-0.1, -0.05) is 51.8 Å². The molecule has 8 aliphatic carbocycles. The summed E-state index contributed by atoms with van der Waals surface area (Å²) < 4.78 is 29.6. The number of aliphatic hydroxyl groups is 2. The first-order valence-corrected chi connectivity index (χ1v) is 21.8. The topological polar surface area (TPSA) is 144 Å². The van der Waals surface area contributed by atoms with Gasteiger partial charge in [0.1, 0.15) is 30.7 Å². The molecule has 0 heterocycles. The van der Waals surface area contributed by atoms with Crippen molar-refractivity contribution in [1.29, 1.82) is 0 Å². The lowest BCUT2D eigenvalue weighted by atomic mass is 9.44. The van der Waals surface area contributed by atoms with Crippen LogP contribution < -0.4 is 0 Å². The van der Waals surface area contributed by atoms with Gasteiger partial charge in [-0.15, -0.1) is 0 Å². The summed E-state index contributed by atoms with van der Waals surface area (Å²) >= 11 is 0. The Labute approximate surface area is 336 Å². The zero-order valence-electron chi connectivity index (χ0n) is 34.7. The van der Waals surface area contributed by atoms with Crippen molar-refractivity contribution >= 4 is 29.6 Å². The molecule has 0 aromatic heterocycles. The number of alkyl halides is 1. The molecule has 6 fully saturated rings. The van der Waals surface area contributed by atoms with E-state index in [1.807, 2.05) is 6.08 Å². The molecule has 6 saturated carbocycles. The minimum Gasteiger partial charge on any atom is -0.462 e. The zero-order valence-corrected chi connectivity index (χ0v) is 34.7. The predicted molar refractivity (Wildman–Crippen MR) is 209 cm³/mol. The molecule has 10 heteroatoms. The molecule has 0 bridgehead atoms. The van der Waals surface area contributed by atoms with E-state index < -0.39 is 70.4 Å². The molecule has 8 rings (SSSR count). The quantitative estimate of drug-likeness (QED) is 0.187. The van der Waals surface area contributed by atoms with Gasteiger partial charge in [0.25, 0.3) is 0 Å². The van der Waals surface area contributed by atoms with Gasteiger partial charge in [0.15, 0.2) is 23.0 Å². The summed E-state index contributed by atoms with van der Waals surface area (Å²) in [6.45, 7) is 11.7. The molecule has 8 aliphatic rings. The van der Waals surface area contributed by atoms with E-state index in [9.17, 15) is 34.2 Å². The summed E-state index contributed by atoms with van der Waals surface area (Å²) in [7, 11) is 0. The molecule has 16 unspecified atom stereocenters. The van der Waals surface area contributed by atoms with E-state index >= 15 is 4.39 Å². The van der Waals surface area contributed by atoms with Crippen LogP contribution in [0, 0.1) is 63.1 Å². The number of hydrogen-bond donors (Lipinski definition) is 2. The lowest BCUT2D eigenvalue weighted by Crippen LogP contribution is -2.69. The first-order valence-electron chi connectivity index (χ1n) is 21.8. The third-order valence-electron chi connectivity index (χ3n) is 18.4. The minimum atomic E-state index is -2.08. The highest BCUT2D eigenvalue weighted by molar-refractivity contribution is 6.01. The number of fused-ring (bicyclic) bond motifs is 10. The van der Waals surface area contributed by atoms with Crippen LogP contribution in [-0.2, 0) is 33.4 Å². The van der Waals surface area contributed by atoms with E-state index in [4.69, 9.17) is 9.47 Å². The molecule has 0 aliphatic heterocycles. The number of ketones is 3. The van der Waals surface area contributed by atoms with E-state index in [0.29, 0.717) is 61.2 Å². The van der Waals surface area contributed by atoms with Crippen molar-refractivity contribution in [3.63, 3.8) is 0 Å². The van der Waals surface area contributed by atoms with Crippen molar-refractivity contribution in [3.8, 4) is 0 Å². The molecular formula is C47H63FO9. The second kappa shape index (κ2) is 13.9. The molecule has 0 radical (unpaired) electrons. The molecule has 0 aromatic rings.